The minimum absolute atomic E-state index is 0.696. The van der Waals surface area contributed by atoms with Gasteiger partial charge in [-0.2, -0.15) is 4.68 Å². The predicted octanol–water partition coefficient (Wildman–Crippen LogP) is -0.214. The summed E-state index contributed by atoms with van der Waals surface area (Å²) in [5, 5.41) is 11.6. The van der Waals surface area contributed by atoms with Crippen LogP contribution < -0.4 is 9.64 Å². The van der Waals surface area contributed by atoms with Gasteiger partial charge in [0.2, 0.25) is 0 Å². The first-order valence-corrected chi connectivity index (χ1v) is 5.62. The summed E-state index contributed by atoms with van der Waals surface area (Å²) in [6.07, 6.45) is 3.87. The molecule has 1 aromatic heterocycles. The fraction of sp³-hybridized carbons (Fsp3) is 0.250. The van der Waals surface area contributed by atoms with Crippen LogP contribution in [-0.4, -0.2) is 41.4 Å². The fourth-order valence-electron chi connectivity index (χ4n) is 1.45. The summed E-state index contributed by atoms with van der Waals surface area (Å²) in [4.78, 5) is 1.19. The summed E-state index contributed by atoms with van der Waals surface area (Å²) in [6, 6.07) is 7.58. The number of benzene rings is 1. The standard InChI is InChI=1S/C12H15N5O/c1-16(2)9-8-12-13-14-15-17(12)10-4-6-11(18-3)7-5-10/h4-9H,1-3H3/p+1/b9-8+. The van der Waals surface area contributed by atoms with E-state index in [1.54, 1.807) is 11.8 Å². The van der Waals surface area contributed by atoms with Crippen LogP contribution in [0.3, 0.4) is 0 Å². The lowest BCUT2D eigenvalue weighted by atomic mass is 10.3. The van der Waals surface area contributed by atoms with Crippen LogP contribution in [-0.2, 0) is 0 Å². The summed E-state index contributed by atoms with van der Waals surface area (Å²) in [5.41, 5.74) is 0.897. The lowest BCUT2D eigenvalue weighted by molar-refractivity contribution is -0.800. The van der Waals surface area contributed by atoms with Crippen molar-refractivity contribution in [1.82, 2.24) is 20.2 Å². The van der Waals surface area contributed by atoms with Gasteiger partial charge in [0, 0.05) is 6.08 Å². The quantitative estimate of drug-likeness (QED) is 0.811. The van der Waals surface area contributed by atoms with Crippen molar-refractivity contribution in [2.24, 2.45) is 0 Å². The van der Waals surface area contributed by atoms with Crippen molar-refractivity contribution in [2.45, 2.75) is 0 Å². The van der Waals surface area contributed by atoms with Crippen molar-refractivity contribution >= 4 is 6.08 Å². The lowest BCUT2D eigenvalue weighted by Gasteiger charge is -2.03. The molecule has 2 aromatic rings. The zero-order valence-corrected chi connectivity index (χ0v) is 10.7. The van der Waals surface area contributed by atoms with Gasteiger partial charge in [-0.25, -0.2) is 0 Å². The Morgan fingerprint density at radius 2 is 1.94 bits per heavy atom. The monoisotopic (exact) mass is 246 g/mol. The van der Waals surface area contributed by atoms with Crippen LogP contribution in [0.4, 0.5) is 0 Å². The molecular weight excluding hydrogens is 230 g/mol. The molecule has 0 radical (unpaired) electrons. The fourth-order valence-corrected chi connectivity index (χ4v) is 1.45. The van der Waals surface area contributed by atoms with E-state index in [9.17, 15) is 0 Å². The second-order valence-corrected chi connectivity index (χ2v) is 4.06. The minimum Gasteiger partial charge on any atom is -0.497 e. The Morgan fingerprint density at radius 3 is 2.56 bits per heavy atom. The highest BCUT2D eigenvalue weighted by Crippen LogP contribution is 2.14. The van der Waals surface area contributed by atoms with Gasteiger partial charge in [0.25, 0.3) is 0 Å². The van der Waals surface area contributed by atoms with Crippen molar-refractivity contribution in [3.8, 4) is 11.4 Å². The number of nitrogens with one attached hydrogen (secondary N) is 1. The molecule has 6 nitrogen and oxygen atoms in total. The van der Waals surface area contributed by atoms with Crippen molar-refractivity contribution in [2.75, 3.05) is 21.2 Å². The molecule has 0 fully saturated rings. The molecular formula is C12H16N5O+. The Balaban J connectivity index is 2.30. The number of methoxy groups -OCH3 is 1. The third-order valence-electron chi connectivity index (χ3n) is 2.38. The third-order valence-corrected chi connectivity index (χ3v) is 2.38. The summed E-state index contributed by atoms with van der Waals surface area (Å²) >= 11 is 0. The molecule has 18 heavy (non-hydrogen) atoms. The molecule has 6 heteroatoms. The maximum absolute atomic E-state index is 5.12. The molecule has 0 saturated heterocycles. The van der Waals surface area contributed by atoms with E-state index in [0.29, 0.717) is 5.82 Å². The largest absolute Gasteiger partial charge is 0.497 e. The zero-order valence-electron chi connectivity index (χ0n) is 10.7. The molecule has 1 N–H and O–H groups in total. The molecule has 0 aliphatic rings. The van der Waals surface area contributed by atoms with Crippen molar-refractivity contribution < 1.29 is 9.64 Å². The van der Waals surface area contributed by atoms with E-state index in [4.69, 9.17) is 4.74 Å². The Bertz CT molecular complexity index is 530. The maximum atomic E-state index is 5.12. The lowest BCUT2D eigenvalue weighted by Crippen LogP contribution is -3.00. The predicted molar refractivity (Wildman–Crippen MR) is 67.6 cm³/mol. The molecule has 0 aliphatic carbocycles. The van der Waals surface area contributed by atoms with Crippen LogP contribution in [0.1, 0.15) is 5.82 Å². The Hall–Kier alpha value is -2.21. The highest BCUT2D eigenvalue weighted by atomic mass is 16.5. The summed E-state index contributed by atoms with van der Waals surface area (Å²) < 4.78 is 6.80. The molecule has 0 unspecified atom stereocenters. The molecule has 94 valence electrons. The van der Waals surface area contributed by atoms with Gasteiger partial charge in [-0.05, 0) is 34.7 Å². The molecule has 1 aromatic carbocycles. The van der Waals surface area contributed by atoms with Crippen LogP contribution in [0.15, 0.2) is 30.5 Å². The van der Waals surface area contributed by atoms with Crippen LogP contribution in [0.2, 0.25) is 0 Å². The molecule has 0 saturated carbocycles. The van der Waals surface area contributed by atoms with Gasteiger partial charge in [-0.3, -0.25) is 0 Å². The smallest absolute Gasteiger partial charge is 0.185 e. The molecule has 1 heterocycles. The third kappa shape index (κ3) is 2.72. The number of hydrogen-bond acceptors (Lipinski definition) is 4. The van der Waals surface area contributed by atoms with E-state index >= 15 is 0 Å². The van der Waals surface area contributed by atoms with Crippen LogP contribution in [0, 0.1) is 0 Å². The number of rotatable bonds is 4. The summed E-state index contributed by atoms with van der Waals surface area (Å²) in [5.74, 6) is 1.50. The first-order chi connectivity index (χ1) is 8.70. The Morgan fingerprint density at radius 1 is 1.22 bits per heavy atom. The highest BCUT2D eigenvalue weighted by Gasteiger charge is 2.05. The topological polar surface area (TPSA) is 57.3 Å². The number of aromatic nitrogens is 4. The SMILES string of the molecule is COc1ccc(-n2nnnc2/C=C/[NH+](C)C)cc1. The zero-order chi connectivity index (χ0) is 13.0. The second-order valence-electron chi connectivity index (χ2n) is 4.06. The second kappa shape index (κ2) is 5.42. The first kappa shape index (κ1) is 12.3. The van der Waals surface area contributed by atoms with Gasteiger partial charge in [-0.1, -0.05) is 0 Å². The van der Waals surface area contributed by atoms with Gasteiger partial charge in [0.15, 0.2) is 5.82 Å². The van der Waals surface area contributed by atoms with E-state index in [2.05, 4.69) is 15.5 Å². The number of tetrazole rings is 1. The molecule has 0 atom stereocenters. The number of quaternary nitrogens is 1. The van der Waals surface area contributed by atoms with Gasteiger partial charge >= 0.3 is 0 Å². The van der Waals surface area contributed by atoms with Crippen LogP contribution >= 0.6 is 0 Å². The first-order valence-electron chi connectivity index (χ1n) is 5.62. The Labute approximate surface area is 105 Å². The summed E-state index contributed by atoms with van der Waals surface area (Å²) in [6.45, 7) is 0. The summed E-state index contributed by atoms with van der Waals surface area (Å²) in [7, 11) is 5.69. The average Bonchev–Trinajstić information content (AvgIpc) is 2.85. The maximum Gasteiger partial charge on any atom is 0.185 e. The van der Waals surface area contributed by atoms with Gasteiger partial charge in [-0.15, -0.1) is 5.10 Å². The Kier molecular flexibility index (Phi) is 3.69. The van der Waals surface area contributed by atoms with Crippen molar-refractivity contribution in [3.63, 3.8) is 0 Å². The normalized spacial score (nSPS) is 11.3. The van der Waals surface area contributed by atoms with Gasteiger partial charge in [0.1, 0.15) is 5.75 Å². The number of nitrogens with zero attached hydrogens (tertiary/aromatic N) is 4. The van der Waals surface area contributed by atoms with Crippen molar-refractivity contribution in [1.29, 1.82) is 0 Å². The highest BCUT2D eigenvalue weighted by molar-refractivity contribution is 5.44. The number of ether oxygens (including phenoxy) is 1. The molecule has 0 spiro atoms. The van der Waals surface area contributed by atoms with Gasteiger partial charge in [0.05, 0.1) is 33.1 Å². The van der Waals surface area contributed by atoms with E-state index in [0.717, 1.165) is 11.4 Å². The van der Waals surface area contributed by atoms with Crippen molar-refractivity contribution in [3.05, 3.63) is 36.3 Å². The van der Waals surface area contributed by atoms with Crippen LogP contribution in [0.25, 0.3) is 11.8 Å². The molecule has 2 rings (SSSR count). The van der Waals surface area contributed by atoms with Crippen LogP contribution in [0.5, 0.6) is 5.75 Å². The van der Waals surface area contributed by atoms with E-state index < -0.39 is 0 Å². The molecule has 0 aliphatic heterocycles. The minimum atomic E-state index is 0.696. The molecule has 0 bridgehead atoms. The van der Waals surface area contributed by atoms with E-state index in [1.807, 2.05) is 50.6 Å². The molecule has 0 amide bonds. The van der Waals surface area contributed by atoms with E-state index in [1.165, 1.54) is 4.90 Å². The van der Waals surface area contributed by atoms with E-state index in [-0.39, 0.29) is 0 Å². The van der Waals surface area contributed by atoms with Gasteiger partial charge < -0.3 is 9.64 Å². The average molecular weight is 246 g/mol. The number of hydrogen-bond donors (Lipinski definition) is 1.